The molecule has 1 aromatic heterocycles. The standard InChI is InChI=1S/C15H21N3/c1-4-16-15(9-13-10-17-18(3)11-13)14-7-5-12(2)6-8-14/h5-8,10-11,15-16H,4,9H2,1-3H3. The highest BCUT2D eigenvalue weighted by atomic mass is 15.2. The number of aromatic nitrogens is 2. The van der Waals surface area contributed by atoms with Gasteiger partial charge in [0, 0.05) is 19.3 Å². The molecule has 0 aliphatic rings. The van der Waals surface area contributed by atoms with E-state index in [0.717, 1.165) is 13.0 Å². The molecule has 0 fully saturated rings. The fourth-order valence-corrected chi connectivity index (χ4v) is 2.17. The van der Waals surface area contributed by atoms with E-state index in [9.17, 15) is 0 Å². The smallest absolute Gasteiger partial charge is 0.0522 e. The van der Waals surface area contributed by atoms with Crippen molar-refractivity contribution in [2.45, 2.75) is 26.3 Å². The van der Waals surface area contributed by atoms with Crippen LogP contribution in [0.3, 0.4) is 0 Å². The van der Waals surface area contributed by atoms with Crippen molar-refractivity contribution >= 4 is 0 Å². The van der Waals surface area contributed by atoms with E-state index < -0.39 is 0 Å². The molecule has 1 atom stereocenters. The lowest BCUT2D eigenvalue weighted by Crippen LogP contribution is -2.22. The van der Waals surface area contributed by atoms with Crippen molar-refractivity contribution in [3.8, 4) is 0 Å². The first-order chi connectivity index (χ1) is 8.69. The van der Waals surface area contributed by atoms with Crippen LogP contribution in [0, 0.1) is 6.92 Å². The molecule has 3 heteroatoms. The Labute approximate surface area is 109 Å². The largest absolute Gasteiger partial charge is 0.310 e. The van der Waals surface area contributed by atoms with Crippen LogP contribution >= 0.6 is 0 Å². The zero-order valence-electron chi connectivity index (χ0n) is 11.4. The number of nitrogens with zero attached hydrogens (tertiary/aromatic N) is 2. The Balaban J connectivity index is 2.14. The molecule has 0 aliphatic heterocycles. The minimum atomic E-state index is 0.361. The van der Waals surface area contributed by atoms with E-state index in [1.807, 2.05) is 17.9 Å². The molecule has 1 heterocycles. The van der Waals surface area contributed by atoms with Gasteiger partial charge in [0.1, 0.15) is 0 Å². The number of nitrogens with one attached hydrogen (secondary N) is 1. The summed E-state index contributed by atoms with van der Waals surface area (Å²) in [5, 5.41) is 7.77. The quantitative estimate of drug-likeness (QED) is 0.875. The molecule has 3 nitrogen and oxygen atoms in total. The molecule has 0 saturated heterocycles. The van der Waals surface area contributed by atoms with Gasteiger partial charge in [-0.05, 0) is 31.0 Å². The predicted molar refractivity (Wildman–Crippen MR) is 74.5 cm³/mol. The lowest BCUT2D eigenvalue weighted by molar-refractivity contribution is 0.549. The number of hydrogen-bond donors (Lipinski definition) is 1. The van der Waals surface area contributed by atoms with Gasteiger partial charge < -0.3 is 5.32 Å². The molecule has 0 spiro atoms. The first-order valence-electron chi connectivity index (χ1n) is 6.46. The molecule has 0 radical (unpaired) electrons. The fraction of sp³-hybridized carbons (Fsp3) is 0.400. The van der Waals surface area contributed by atoms with Crippen molar-refractivity contribution < 1.29 is 0 Å². The number of likely N-dealkylation sites (N-methyl/N-ethyl adjacent to an activating group) is 1. The van der Waals surface area contributed by atoms with Crippen LogP contribution in [0.15, 0.2) is 36.7 Å². The van der Waals surface area contributed by atoms with Crippen LogP contribution in [0.1, 0.15) is 29.7 Å². The molecular formula is C15H21N3. The number of aryl methyl sites for hydroxylation is 2. The summed E-state index contributed by atoms with van der Waals surface area (Å²) in [6.45, 7) is 5.23. The molecule has 0 bridgehead atoms. The van der Waals surface area contributed by atoms with Gasteiger partial charge in [-0.3, -0.25) is 4.68 Å². The van der Waals surface area contributed by atoms with Gasteiger partial charge in [-0.25, -0.2) is 0 Å². The van der Waals surface area contributed by atoms with E-state index in [-0.39, 0.29) is 0 Å². The molecule has 2 rings (SSSR count). The summed E-state index contributed by atoms with van der Waals surface area (Å²) in [5.41, 5.74) is 3.91. The number of benzene rings is 1. The summed E-state index contributed by atoms with van der Waals surface area (Å²) < 4.78 is 1.85. The SMILES string of the molecule is CCNC(Cc1cnn(C)c1)c1ccc(C)cc1. The Morgan fingerprint density at radius 3 is 2.56 bits per heavy atom. The third-order valence-corrected chi connectivity index (χ3v) is 3.13. The second-order valence-corrected chi connectivity index (χ2v) is 4.75. The molecule has 0 amide bonds. The summed E-state index contributed by atoms with van der Waals surface area (Å²) in [6.07, 6.45) is 5.00. The minimum Gasteiger partial charge on any atom is -0.310 e. The van der Waals surface area contributed by atoms with Gasteiger partial charge >= 0.3 is 0 Å². The molecule has 1 aromatic carbocycles. The van der Waals surface area contributed by atoms with Crippen molar-refractivity contribution in [1.29, 1.82) is 0 Å². The average Bonchev–Trinajstić information content (AvgIpc) is 2.75. The Kier molecular flexibility index (Phi) is 4.15. The third-order valence-electron chi connectivity index (χ3n) is 3.13. The van der Waals surface area contributed by atoms with Crippen LogP contribution in [-0.4, -0.2) is 16.3 Å². The van der Waals surface area contributed by atoms with E-state index >= 15 is 0 Å². The summed E-state index contributed by atoms with van der Waals surface area (Å²) in [4.78, 5) is 0. The molecule has 0 aliphatic carbocycles. The highest BCUT2D eigenvalue weighted by Crippen LogP contribution is 2.18. The van der Waals surface area contributed by atoms with Crippen LogP contribution in [0.2, 0.25) is 0 Å². The fourth-order valence-electron chi connectivity index (χ4n) is 2.17. The summed E-state index contributed by atoms with van der Waals surface area (Å²) in [7, 11) is 1.96. The van der Waals surface area contributed by atoms with Gasteiger partial charge in [0.2, 0.25) is 0 Å². The summed E-state index contributed by atoms with van der Waals surface area (Å²) >= 11 is 0. The summed E-state index contributed by atoms with van der Waals surface area (Å²) in [6, 6.07) is 9.11. The minimum absolute atomic E-state index is 0.361. The van der Waals surface area contributed by atoms with Crippen LogP contribution in [0.5, 0.6) is 0 Å². The Bertz CT molecular complexity index is 485. The predicted octanol–water partition coefficient (Wildman–Crippen LogP) is 2.62. The van der Waals surface area contributed by atoms with Crippen LogP contribution in [0.25, 0.3) is 0 Å². The maximum absolute atomic E-state index is 4.23. The van der Waals surface area contributed by atoms with Crippen molar-refractivity contribution in [3.05, 3.63) is 53.3 Å². The maximum Gasteiger partial charge on any atom is 0.0522 e. The number of rotatable bonds is 5. The average molecular weight is 243 g/mol. The maximum atomic E-state index is 4.23. The zero-order chi connectivity index (χ0) is 13.0. The monoisotopic (exact) mass is 243 g/mol. The molecule has 1 N–H and O–H groups in total. The normalized spacial score (nSPS) is 12.6. The topological polar surface area (TPSA) is 29.9 Å². The Hall–Kier alpha value is -1.61. The highest BCUT2D eigenvalue weighted by Gasteiger charge is 2.11. The first kappa shape index (κ1) is 12.8. The van der Waals surface area contributed by atoms with E-state index in [1.165, 1.54) is 16.7 Å². The van der Waals surface area contributed by atoms with Crippen LogP contribution in [0.4, 0.5) is 0 Å². The van der Waals surface area contributed by atoms with Gasteiger partial charge in [-0.15, -0.1) is 0 Å². The van der Waals surface area contributed by atoms with Gasteiger partial charge in [0.05, 0.1) is 6.20 Å². The van der Waals surface area contributed by atoms with E-state index in [4.69, 9.17) is 0 Å². The molecule has 2 aromatic rings. The molecule has 18 heavy (non-hydrogen) atoms. The molecule has 1 unspecified atom stereocenters. The van der Waals surface area contributed by atoms with Crippen LogP contribution < -0.4 is 5.32 Å². The van der Waals surface area contributed by atoms with Crippen molar-refractivity contribution in [2.75, 3.05) is 6.54 Å². The third kappa shape index (κ3) is 3.20. The second-order valence-electron chi connectivity index (χ2n) is 4.75. The van der Waals surface area contributed by atoms with Crippen LogP contribution in [-0.2, 0) is 13.5 Å². The van der Waals surface area contributed by atoms with Crippen molar-refractivity contribution in [3.63, 3.8) is 0 Å². The molecule has 0 saturated carbocycles. The highest BCUT2D eigenvalue weighted by molar-refractivity contribution is 5.25. The Morgan fingerprint density at radius 1 is 1.28 bits per heavy atom. The van der Waals surface area contributed by atoms with Gasteiger partial charge in [-0.1, -0.05) is 36.8 Å². The molecular weight excluding hydrogens is 222 g/mol. The Morgan fingerprint density at radius 2 is 2.00 bits per heavy atom. The van der Waals surface area contributed by atoms with Gasteiger partial charge in [-0.2, -0.15) is 5.10 Å². The first-order valence-corrected chi connectivity index (χ1v) is 6.46. The van der Waals surface area contributed by atoms with E-state index in [1.54, 1.807) is 0 Å². The van der Waals surface area contributed by atoms with E-state index in [0.29, 0.717) is 6.04 Å². The second kappa shape index (κ2) is 5.83. The summed E-state index contributed by atoms with van der Waals surface area (Å²) in [5.74, 6) is 0. The zero-order valence-corrected chi connectivity index (χ0v) is 11.4. The molecule has 96 valence electrons. The van der Waals surface area contributed by atoms with Gasteiger partial charge in [0.25, 0.3) is 0 Å². The van der Waals surface area contributed by atoms with E-state index in [2.05, 4.69) is 54.7 Å². The lowest BCUT2D eigenvalue weighted by Gasteiger charge is -2.17. The number of hydrogen-bond acceptors (Lipinski definition) is 2. The van der Waals surface area contributed by atoms with Crippen molar-refractivity contribution in [1.82, 2.24) is 15.1 Å². The van der Waals surface area contributed by atoms with Gasteiger partial charge in [0.15, 0.2) is 0 Å². The van der Waals surface area contributed by atoms with Crippen molar-refractivity contribution in [2.24, 2.45) is 7.05 Å². The lowest BCUT2D eigenvalue weighted by atomic mass is 9.99.